The second-order valence-corrected chi connectivity index (χ2v) is 8.32. The van der Waals surface area contributed by atoms with Crippen molar-refractivity contribution in [1.29, 1.82) is 0 Å². The van der Waals surface area contributed by atoms with Crippen molar-refractivity contribution in [2.75, 3.05) is 0 Å². The van der Waals surface area contributed by atoms with Gasteiger partial charge >= 0.3 is 7.12 Å². The van der Waals surface area contributed by atoms with Crippen molar-refractivity contribution in [2.24, 2.45) is 10.9 Å². The van der Waals surface area contributed by atoms with Crippen LogP contribution < -0.4 is 5.46 Å². The summed E-state index contributed by atoms with van der Waals surface area (Å²) in [5, 5.41) is 0. The average Bonchev–Trinajstić information content (AvgIpc) is 3.41. The van der Waals surface area contributed by atoms with Gasteiger partial charge < -0.3 is 9.31 Å². The van der Waals surface area contributed by atoms with Crippen LogP contribution in [0.3, 0.4) is 0 Å². The van der Waals surface area contributed by atoms with Crippen LogP contribution >= 0.6 is 0 Å². The largest absolute Gasteiger partial charge is 0.494 e. The Kier molecular flexibility index (Phi) is 4.28. The molecule has 0 unspecified atom stereocenters. The molecule has 1 saturated heterocycles. The molecule has 26 heavy (non-hydrogen) atoms. The fraction of sp³-hybridized carbons (Fsp3) is 0.409. The van der Waals surface area contributed by atoms with Crippen LogP contribution in [0.2, 0.25) is 0 Å². The Morgan fingerprint density at radius 2 is 1.46 bits per heavy atom. The molecule has 0 bridgehead atoms. The van der Waals surface area contributed by atoms with Crippen LogP contribution in [0.5, 0.6) is 0 Å². The van der Waals surface area contributed by atoms with E-state index in [2.05, 4.69) is 76.2 Å². The lowest BCUT2D eigenvalue weighted by Crippen LogP contribution is -2.41. The number of hydrogen-bond donors (Lipinski definition) is 0. The van der Waals surface area contributed by atoms with Crippen molar-refractivity contribution < 1.29 is 9.31 Å². The highest BCUT2D eigenvalue weighted by Crippen LogP contribution is 2.37. The molecule has 0 radical (unpaired) electrons. The first kappa shape index (κ1) is 17.5. The lowest BCUT2D eigenvalue weighted by molar-refractivity contribution is 0.00578. The van der Waals surface area contributed by atoms with Crippen molar-refractivity contribution in [1.82, 2.24) is 0 Å². The molecular weight excluding hydrogens is 321 g/mol. The van der Waals surface area contributed by atoms with E-state index in [1.54, 1.807) is 0 Å². The molecule has 134 valence electrons. The first-order chi connectivity index (χ1) is 12.4. The van der Waals surface area contributed by atoms with Gasteiger partial charge in [-0.3, -0.25) is 4.99 Å². The molecule has 1 aliphatic heterocycles. The van der Waals surface area contributed by atoms with Crippen molar-refractivity contribution >= 4 is 24.0 Å². The van der Waals surface area contributed by atoms with Crippen LogP contribution in [-0.2, 0) is 9.31 Å². The second-order valence-electron chi connectivity index (χ2n) is 8.32. The third-order valence-corrected chi connectivity index (χ3v) is 5.70. The molecule has 0 aromatic heterocycles. The Labute approximate surface area is 156 Å². The zero-order chi connectivity index (χ0) is 18.4. The van der Waals surface area contributed by atoms with Gasteiger partial charge in [0.05, 0.1) is 22.6 Å². The maximum atomic E-state index is 6.13. The minimum absolute atomic E-state index is 0.319. The zero-order valence-electron chi connectivity index (χ0n) is 16.0. The molecule has 0 N–H and O–H groups in total. The smallest absolute Gasteiger partial charge is 0.399 e. The van der Waals surface area contributed by atoms with Crippen molar-refractivity contribution in [3.05, 3.63) is 60.2 Å². The molecule has 2 aliphatic rings. The van der Waals surface area contributed by atoms with E-state index in [-0.39, 0.29) is 18.3 Å². The molecule has 0 atom stereocenters. The number of aliphatic imine (C=N–C) groups is 1. The summed E-state index contributed by atoms with van der Waals surface area (Å²) in [6.45, 7) is 8.31. The van der Waals surface area contributed by atoms with Gasteiger partial charge in [-0.2, -0.15) is 0 Å². The van der Waals surface area contributed by atoms with Crippen molar-refractivity contribution in [3.63, 3.8) is 0 Å². The Morgan fingerprint density at radius 1 is 0.885 bits per heavy atom. The molecule has 0 spiro atoms. The highest BCUT2D eigenvalue weighted by molar-refractivity contribution is 6.62. The fourth-order valence-corrected chi connectivity index (χ4v) is 3.18. The Hall–Kier alpha value is -1.91. The molecular formula is C22H26BNO2. The van der Waals surface area contributed by atoms with E-state index in [4.69, 9.17) is 14.3 Å². The molecule has 0 amide bonds. The summed E-state index contributed by atoms with van der Waals surface area (Å²) in [6, 6.07) is 18.8. The minimum Gasteiger partial charge on any atom is -0.399 e. The van der Waals surface area contributed by atoms with Crippen molar-refractivity contribution in [3.8, 4) is 0 Å². The monoisotopic (exact) mass is 347 g/mol. The van der Waals surface area contributed by atoms with Crippen LogP contribution in [0.15, 0.2) is 59.6 Å². The van der Waals surface area contributed by atoms with E-state index >= 15 is 0 Å². The summed E-state index contributed by atoms with van der Waals surface area (Å²) in [4.78, 5) is 4.95. The zero-order valence-corrected chi connectivity index (χ0v) is 16.0. The molecule has 1 aliphatic carbocycles. The highest BCUT2D eigenvalue weighted by Gasteiger charge is 2.51. The number of rotatable bonds is 4. The molecule has 2 aromatic rings. The van der Waals surface area contributed by atoms with Gasteiger partial charge in [0.25, 0.3) is 0 Å². The Balaban J connectivity index is 1.57. The van der Waals surface area contributed by atoms with Gasteiger partial charge in [-0.25, -0.2) is 0 Å². The minimum atomic E-state index is -0.324. The number of benzene rings is 2. The second kappa shape index (κ2) is 6.36. The van der Waals surface area contributed by atoms with Gasteiger partial charge in [-0.1, -0.05) is 42.5 Å². The average molecular weight is 347 g/mol. The van der Waals surface area contributed by atoms with Gasteiger partial charge in [0.2, 0.25) is 0 Å². The van der Waals surface area contributed by atoms with E-state index in [9.17, 15) is 0 Å². The lowest BCUT2D eigenvalue weighted by Gasteiger charge is -2.32. The highest BCUT2D eigenvalue weighted by atomic mass is 16.7. The van der Waals surface area contributed by atoms with Crippen LogP contribution in [0.25, 0.3) is 0 Å². The van der Waals surface area contributed by atoms with E-state index in [1.807, 2.05) is 6.07 Å². The first-order valence-electron chi connectivity index (χ1n) is 9.45. The van der Waals surface area contributed by atoms with Gasteiger partial charge in [-0.15, -0.1) is 0 Å². The van der Waals surface area contributed by atoms with E-state index in [0.717, 1.165) is 11.2 Å². The number of hydrogen-bond acceptors (Lipinski definition) is 3. The first-order valence-corrected chi connectivity index (χ1v) is 9.45. The Morgan fingerprint density at radius 3 is 2.00 bits per heavy atom. The fourth-order valence-electron chi connectivity index (χ4n) is 3.18. The lowest BCUT2D eigenvalue weighted by atomic mass is 9.79. The van der Waals surface area contributed by atoms with Crippen LogP contribution in [0.4, 0.5) is 5.69 Å². The molecule has 2 aromatic carbocycles. The van der Waals surface area contributed by atoms with E-state index in [1.165, 1.54) is 24.1 Å². The predicted molar refractivity (Wildman–Crippen MR) is 108 cm³/mol. The summed E-state index contributed by atoms with van der Waals surface area (Å²) in [7, 11) is -0.324. The standard InChI is InChI=1S/C22H26BNO2/c1-21(2)22(3,4)26-23(25-21)18-12-14-19(15-13-18)24-20(17-10-11-17)16-8-6-5-7-9-16/h5-9,12-15,17H,10-11H2,1-4H3. The SMILES string of the molecule is CC1(C)OB(c2ccc(N=C(c3ccccc3)C3CC3)cc2)OC1(C)C. The quantitative estimate of drug-likeness (QED) is 0.602. The van der Waals surface area contributed by atoms with E-state index in [0.29, 0.717) is 5.92 Å². The van der Waals surface area contributed by atoms with Gasteiger partial charge in [0.15, 0.2) is 0 Å². The van der Waals surface area contributed by atoms with Crippen LogP contribution in [0, 0.1) is 5.92 Å². The van der Waals surface area contributed by atoms with Gasteiger partial charge in [0, 0.05) is 5.92 Å². The molecule has 3 nitrogen and oxygen atoms in total. The maximum absolute atomic E-state index is 6.13. The molecule has 4 rings (SSSR count). The van der Waals surface area contributed by atoms with Crippen molar-refractivity contribution in [2.45, 2.75) is 51.7 Å². The summed E-state index contributed by atoms with van der Waals surface area (Å²) in [6.07, 6.45) is 2.47. The van der Waals surface area contributed by atoms with Crippen LogP contribution in [-0.4, -0.2) is 24.0 Å². The maximum Gasteiger partial charge on any atom is 0.494 e. The summed E-state index contributed by atoms with van der Waals surface area (Å²) in [5.74, 6) is 0.597. The number of nitrogens with zero attached hydrogens (tertiary/aromatic N) is 1. The summed E-state index contributed by atoms with van der Waals surface area (Å²) in [5.41, 5.74) is 3.81. The van der Waals surface area contributed by atoms with Crippen LogP contribution in [0.1, 0.15) is 46.1 Å². The van der Waals surface area contributed by atoms with Gasteiger partial charge in [0.1, 0.15) is 0 Å². The third-order valence-electron chi connectivity index (χ3n) is 5.70. The topological polar surface area (TPSA) is 30.8 Å². The van der Waals surface area contributed by atoms with E-state index < -0.39 is 0 Å². The summed E-state index contributed by atoms with van der Waals surface area (Å²) >= 11 is 0. The predicted octanol–water partition coefficient (Wildman–Crippen LogP) is 4.52. The Bertz CT molecular complexity index is 792. The summed E-state index contributed by atoms with van der Waals surface area (Å²) < 4.78 is 12.3. The third kappa shape index (κ3) is 3.36. The normalized spacial score (nSPS) is 21.8. The molecule has 2 fully saturated rings. The van der Waals surface area contributed by atoms with Gasteiger partial charge in [-0.05, 0) is 63.7 Å². The molecule has 4 heteroatoms. The molecule has 1 saturated carbocycles. The molecule has 1 heterocycles.